The third-order valence-electron chi connectivity index (χ3n) is 1.75. The first-order valence-electron chi connectivity index (χ1n) is 4.05. The Morgan fingerprint density at radius 3 is 2.29 bits per heavy atom. The molecule has 5 heteroatoms. The molecule has 0 fully saturated rings. The van der Waals surface area contributed by atoms with Gasteiger partial charge in [0.05, 0.1) is 6.20 Å². The van der Waals surface area contributed by atoms with Gasteiger partial charge in [0.15, 0.2) is 0 Å². The van der Waals surface area contributed by atoms with Crippen LogP contribution in [0.3, 0.4) is 0 Å². The standard InChI is InChI=1S/C9H9N5/c10-7-1-6(2-8(11)3-7)9-4-12-5-13-14-9/h1-5H,10-11H2. The van der Waals surface area contributed by atoms with Gasteiger partial charge in [-0.1, -0.05) is 0 Å². The average Bonchev–Trinajstić information content (AvgIpc) is 2.18. The van der Waals surface area contributed by atoms with Crippen molar-refractivity contribution in [2.45, 2.75) is 0 Å². The predicted molar refractivity (Wildman–Crippen MR) is 54.1 cm³/mol. The quantitative estimate of drug-likeness (QED) is 0.641. The fourth-order valence-electron chi connectivity index (χ4n) is 1.20. The van der Waals surface area contributed by atoms with Crippen LogP contribution in [0.5, 0.6) is 0 Å². The molecule has 0 radical (unpaired) electrons. The summed E-state index contributed by atoms with van der Waals surface area (Å²) in [6, 6.07) is 5.25. The van der Waals surface area contributed by atoms with E-state index in [2.05, 4.69) is 15.2 Å². The van der Waals surface area contributed by atoms with Gasteiger partial charge >= 0.3 is 0 Å². The van der Waals surface area contributed by atoms with Crippen molar-refractivity contribution in [2.24, 2.45) is 0 Å². The zero-order valence-electron chi connectivity index (χ0n) is 7.38. The van der Waals surface area contributed by atoms with Crippen LogP contribution in [0.25, 0.3) is 11.3 Å². The maximum atomic E-state index is 5.65. The van der Waals surface area contributed by atoms with E-state index in [1.807, 2.05) is 0 Å². The van der Waals surface area contributed by atoms with Crippen LogP contribution in [-0.4, -0.2) is 15.2 Å². The Kier molecular flexibility index (Phi) is 1.98. The van der Waals surface area contributed by atoms with Gasteiger partial charge in [0.2, 0.25) is 0 Å². The first-order chi connectivity index (χ1) is 6.75. The monoisotopic (exact) mass is 187 g/mol. The minimum Gasteiger partial charge on any atom is -0.399 e. The molecule has 0 unspecified atom stereocenters. The van der Waals surface area contributed by atoms with Gasteiger partial charge in [-0.05, 0) is 18.2 Å². The highest BCUT2D eigenvalue weighted by Crippen LogP contribution is 2.21. The fraction of sp³-hybridized carbons (Fsp3) is 0. The molecule has 0 atom stereocenters. The first-order valence-corrected chi connectivity index (χ1v) is 4.05. The van der Waals surface area contributed by atoms with Crippen LogP contribution in [0, 0.1) is 0 Å². The lowest BCUT2D eigenvalue weighted by molar-refractivity contribution is 0.976. The van der Waals surface area contributed by atoms with Gasteiger partial charge in [0.1, 0.15) is 12.0 Å². The van der Waals surface area contributed by atoms with Gasteiger partial charge in [-0.2, -0.15) is 0 Å². The number of benzene rings is 1. The normalized spacial score (nSPS) is 10.0. The van der Waals surface area contributed by atoms with Crippen molar-refractivity contribution >= 4 is 11.4 Å². The van der Waals surface area contributed by atoms with Gasteiger partial charge in [0.25, 0.3) is 0 Å². The minimum atomic E-state index is 0.602. The van der Waals surface area contributed by atoms with E-state index < -0.39 is 0 Å². The van der Waals surface area contributed by atoms with Crippen molar-refractivity contribution in [3.8, 4) is 11.3 Å². The van der Waals surface area contributed by atoms with Gasteiger partial charge in [-0.3, -0.25) is 0 Å². The molecule has 1 aromatic carbocycles. The number of nitrogens with two attached hydrogens (primary N) is 2. The second-order valence-electron chi connectivity index (χ2n) is 2.88. The van der Waals surface area contributed by atoms with Crippen LogP contribution in [0.15, 0.2) is 30.7 Å². The van der Waals surface area contributed by atoms with E-state index in [4.69, 9.17) is 11.5 Å². The van der Waals surface area contributed by atoms with E-state index in [9.17, 15) is 0 Å². The van der Waals surface area contributed by atoms with Crippen LogP contribution in [0.1, 0.15) is 0 Å². The van der Waals surface area contributed by atoms with Crippen LogP contribution in [-0.2, 0) is 0 Å². The molecule has 0 bridgehead atoms. The smallest absolute Gasteiger partial charge is 0.138 e. The molecule has 0 amide bonds. The van der Waals surface area contributed by atoms with E-state index in [1.165, 1.54) is 6.33 Å². The summed E-state index contributed by atoms with van der Waals surface area (Å²) in [7, 11) is 0. The van der Waals surface area contributed by atoms with Crippen molar-refractivity contribution in [3.05, 3.63) is 30.7 Å². The Bertz CT molecular complexity index is 420. The van der Waals surface area contributed by atoms with E-state index in [-0.39, 0.29) is 0 Å². The van der Waals surface area contributed by atoms with Gasteiger partial charge in [-0.15, -0.1) is 10.2 Å². The van der Waals surface area contributed by atoms with Gasteiger partial charge in [0, 0.05) is 16.9 Å². The van der Waals surface area contributed by atoms with Crippen molar-refractivity contribution in [1.29, 1.82) is 0 Å². The highest BCUT2D eigenvalue weighted by atomic mass is 15.1. The van der Waals surface area contributed by atoms with Crippen molar-refractivity contribution in [1.82, 2.24) is 15.2 Å². The fourth-order valence-corrected chi connectivity index (χ4v) is 1.20. The second-order valence-corrected chi connectivity index (χ2v) is 2.88. The van der Waals surface area contributed by atoms with Gasteiger partial charge in [-0.25, -0.2) is 4.98 Å². The molecule has 5 nitrogen and oxygen atoms in total. The summed E-state index contributed by atoms with van der Waals surface area (Å²) in [5, 5.41) is 7.59. The molecule has 14 heavy (non-hydrogen) atoms. The maximum absolute atomic E-state index is 5.65. The maximum Gasteiger partial charge on any atom is 0.138 e. The zero-order chi connectivity index (χ0) is 9.97. The number of nitrogen functional groups attached to an aromatic ring is 2. The number of hydrogen-bond donors (Lipinski definition) is 2. The Labute approximate surface area is 80.8 Å². The molecule has 2 rings (SSSR count). The van der Waals surface area contributed by atoms with E-state index in [0.717, 1.165) is 5.56 Å². The molecule has 0 spiro atoms. The SMILES string of the molecule is Nc1cc(N)cc(-c2cncnn2)c1. The van der Waals surface area contributed by atoms with Crippen molar-refractivity contribution in [3.63, 3.8) is 0 Å². The zero-order valence-corrected chi connectivity index (χ0v) is 7.38. The summed E-state index contributed by atoms with van der Waals surface area (Å²) < 4.78 is 0. The topological polar surface area (TPSA) is 90.7 Å². The van der Waals surface area contributed by atoms with Gasteiger partial charge < -0.3 is 11.5 Å². The Balaban J connectivity index is 2.52. The Hall–Kier alpha value is -2.17. The molecule has 0 saturated carbocycles. The molecule has 1 heterocycles. The van der Waals surface area contributed by atoms with Crippen LogP contribution >= 0.6 is 0 Å². The lowest BCUT2D eigenvalue weighted by atomic mass is 10.1. The molecule has 2 aromatic rings. The number of rotatable bonds is 1. The second kappa shape index (κ2) is 3.29. The van der Waals surface area contributed by atoms with Crippen LogP contribution < -0.4 is 11.5 Å². The van der Waals surface area contributed by atoms with E-state index in [1.54, 1.807) is 24.4 Å². The summed E-state index contributed by atoms with van der Waals surface area (Å²) in [5.41, 5.74) is 14.0. The number of hydrogen-bond acceptors (Lipinski definition) is 5. The predicted octanol–water partition coefficient (Wildman–Crippen LogP) is 0.703. The summed E-state index contributed by atoms with van der Waals surface area (Å²) in [6.07, 6.45) is 2.99. The highest BCUT2D eigenvalue weighted by molar-refractivity contribution is 5.69. The summed E-state index contributed by atoms with van der Waals surface area (Å²) in [6.45, 7) is 0. The first kappa shape index (κ1) is 8.43. The molecule has 4 N–H and O–H groups in total. The third-order valence-corrected chi connectivity index (χ3v) is 1.75. The lowest BCUT2D eigenvalue weighted by Gasteiger charge is -2.02. The largest absolute Gasteiger partial charge is 0.399 e. The van der Waals surface area contributed by atoms with E-state index in [0.29, 0.717) is 17.1 Å². The molecular formula is C9H9N5. The van der Waals surface area contributed by atoms with Crippen molar-refractivity contribution in [2.75, 3.05) is 11.5 Å². The molecule has 0 saturated heterocycles. The number of nitrogens with zero attached hydrogens (tertiary/aromatic N) is 3. The Morgan fingerprint density at radius 1 is 1.00 bits per heavy atom. The number of aromatic nitrogens is 3. The molecule has 70 valence electrons. The minimum absolute atomic E-state index is 0.602. The molecular weight excluding hydrogens is 178 g/mol. The lowest BCUT2D eigenvalue weighted by Crippen LogP contribution is -1.93. The molecule has 0 aliphatic heterocycles. The number of anilines is 2. The Morgan fingerprint density at radius 2 is 1.71 bits per heavy atom. The highest BCUT2D eigenvalue weighted by Gasteiger charge is 2.01. The third kappa shape index (κ3) is 1.61. The summed E-state index contributed by atoms with van der Waals surface area (Å²) in [4.78, 5) is 3.87. The van der Waals surface area contributed by atoms with Crippen LogP contribution in [0.2, 0.25) is 0 Å². The summed E-state index contributed by atoms with van der Waals surface area (Å²) >= 11 is 0. The molecule has 0 aliphatic carbocycles. The van der Waals surface area contributed by atoms with Crippen molar-refractivity contribution < 1.29 is 0 Å². The molecule has 1 aromatic heterocycles. The average molecular weight is 187 g/mol. The summed E-state index contributed by atoms with van der Waals surface area (Å²) in [5.74, 6) is 0. The van der Waals surface area contributed by atoms with E-state index >= 15 is 0 Å². The molecule has 0 aliphatic rings. The van der Waals surface area contributed by atoms with Crippen LogP contribution in [0.4, 0.5) is 11.4 Å².